The Hall–Kier alpha value is -1.40. The van der Waals surface area contributed by atoms with Gasteiger partial charge in [-0.15, -0.1) is 0 Å². The van der Waals surface area contributed by atoms with Gasteiger partial charge in [-0.05, 0) is 33.6 Å². The lowest BCUT2D eigenvalue weighted by Crippen LogP contribution is -2.18. The molecule has 1 unspecified atom stereocenters. The maximum Gasteiger partial charge on any atom is 0.158 e. The number of hydrogen-bond acceptors (Lipinski definition) is 6. The van der Waals surface area contributed by atoms with Crippen LogP contribution in [0.3, 0.4) is 0 Å². The minimum Gasteiger partial charge on any atom is -0.396 e. The molecule has 0 aliphatic heterocycles. The van der Waals surface area contributed by atoms with E-state index in [1.165, 1.54) is 0 Å². The van der Waals surface area contributed by atoms with Crippen LogP contribution in [0, 0.1) is 0 Å². The molecule has 6 nitrogen and oxygen atoms in total. The van der Waals surface area contributed by atoms with Gasteiger partial charge in [0.15, 0.2) is 5.82 Å². The number of nitrogens with one attached hydrogen (secondary N) is 2. The molecule has 0 aliphatic rings. The van der Waals surface area contributed by atoms with Crippen LogP contribution in [0.25, 0.3) is 0 Å². The third kappa shape index (κ3) is 6.16. The van der Waals surface area contributed by atoms with Gasteiger partial charge in [-0.25, -0.2) is 9.97 Å². The van der Waals surface area contributed by atoms with Crippen LogP contribution in [-0.4, -0.2) is 40.9 Å². The Morgan fingerprint density at radius 2 is 2.05 bits per heavy atom. The van der Waals surface area contributed by atoms with E-state index in [2.05, 4.69) is 27.5 Å². The van der Waals surface area contributed by atoms with Crippen LogP contribution in [0.5, 0.6) is 0 Å². The number of rotatable bonds is 10. The van der Waals surface area contributed by atoms with E-state index in [1.807, 2.05) is 19.9 Å². The van der Waals surface area contributed by atoms with Crippen LogP contribution in [0.4, 0.5) is 11.6 Å². The van der Waals surface area contributed by atoms with Crippen molar-refractivity contribution in [3.8, 4) is 0 Å². The van der Waals surface area contributed by atoms with E-state index in [0.29, 0.717) is 19.0 Å². The highest BCUT2D eigenvalue weighted by molar-refractivity contribution is 5.47. The normalized spacial score (nSPS) is 12.2. The maximum atomic E-state index is 8.86. The molecule has 1 aromatic heterocycles. The summed E-state index contributed by atoms with van der Waals surface area (Å²) in [7, 11) is 0. The molecule has 1 heterocycles. The van der Waals surface area contributed by atoms with Crippen molar-refractivity contribution < 1.29 is 9.84 Å². The Morgan fingerprint density at radius 1 is 1.30 bits per heavy atom. The van der Waals surface area contributed by atoms with Crippen molar-refractivity contribution in [1.29, 1.82) is 0 Å². The van der Waals surface area contributed by atoms with Gasteiger partial charge >= 0.3 is 0 Å². The predicted octanol–water partition coefficient (Wildman–Crippen LogP) is 2.02. The van der Waals surface area contributed by atoms with Crippen molar-refractivity contribution in [1.82, 2.24) is 9.97 Å². The monoisotopic (exact) mass is 282 g/mol. The highest BCUT2D eigenvalue weighted by atomic mass is 16.5. The van der Waals surface area contributed by atoms with E-state index < -0.39 is 0 Å². The van der Waals surface area contributed by atoms with Crippen molar-refractivity contribution in [2.45, 2.75) is 46.3 Å². The molecule has 0 bridgehead atoms. The van der Waals surface area contributed by atoms with E-state index in [9.17, 15) is 0 Å². The summed E-state index contributed by atoms with van der Waals surface area (Å²) in [5.74, 6) is 2.26. The van der Waals surface area contributed by atoms with E-state index in [-0.39, 0.29) is 12.6 Å². The molecular formula is C14H26N4O2. The largest absolute Gasteiger partial charge is 0.396 e. The molecule has 114 valence electrons. The summed E-state index contributed by atoms with van der Waals surface area (Å²) in [5, 5.41) is 15.4. The molecule has 0 aromatic carbocycles. The SMILES string of the molecule is CCNc1cc(NC(C)CCCO)nc(COCC)n1. The van der Waals surface area contributed by atoms with Crippen molar-refractivity contribution in [3.05, 3.63) is 11.9 Å². The van der Waals surface area contributed by atoms with E-state index in [0.717, 1.165) is 31.0 Å². The molecule has 1 atom stereocenters. The minimum atomic E-state index is 0.216. The van der Waals surface area contributed by atoms with Crippen LogP contribution in [0.2, 0.25) is 0 Å². The Balaban J connectivity index is 2.73. The first-order valence-corrected chi connectivity index (χ1v) is 7.26. The third-order valence-corrected chi connectivity index (χ3v) is 2.76. The fraction of sp³-hybridized carbons (Fsp3) is 0.714. The summed E-state index contributed by atoms with van der Waals surface area (Å²) in [6.45, 7) is 8.14. The Bertz CT molecular complexity index is 387. The fourth-order valence-corrected chi connectivity index (χ4v) is 1.82. The zero-order chi connectivity index (χ0) is 14.8. The molecule has 1 rings (SSSR count). The highest BCUT2D eigenvalue weighted by Gasteiger charge is 2.07. The average molecular weight is 282 g/mol. The van der Waals surface area contributed by atoms with Gasteiger partial charge in [-0.3, -0.25) is 0 Å². The first kappa shape index (κ1) is 16.7. The number of ether oxygens (including phenoxy) is 1. The molecule has 0 saturated heterocycles. The molecule has 0 amide bonds. The van der Waals surface area contributed by atoms with Crippen LogP contribution in [0.15, 0.2) is 6.07 Å². The van der Waals surface area contributed by atoms with Gasteiger partial charge in [0.05, 0.1) is 0 Å². The number of aromatic nitrogens is 2. The second kappa shape index (κ2) is 9.50. The molecule has 0 aliphatic carbocycles. The number of anilines is 2. The summed E-state index contributed by atoms with van der Waals surface area (Å²) in [6, 6.07) is 2.15. The van der Waals surface area contributed by atoms with Crippen LogP contribution < -0.4 is 10.6 Å². The first-order chi connectivity index (χ1) is 9.69. The lowest BCUT2D eigenvalue weighted by atomic mass is 10.2. The van der Waals surface area contributed by atoms with Gasteiger partial charge in [-0.2, -0.15) is 0 Å². The van der Waals surface area contributed by atoms with Gasteiger partial charge in [0.1, 0.15) is 18.2 Å². The zero-order valence-corrected chi connectivity index (χ0v) is 12.6. The summed E-state index contributed by atoms with van der Waals surface area (Å²) >= 11 is 0. The molecule has 1 aromatic rings. The quantitative estimate of drug-likeness (QED) is 0.609. The smallest absolute Gasteiger partial charge is 0.158 e. The molecule has 6 heteroatoms. The Morgan fingerprint density at radius 3 is 2.70 bits per heavy atom. The summed E-state index contributed by atoms with van der Waals surface area (Å²) in [5.41, 5.74) is 0. The first-order valence-electron chi connectivity index (χ1n) is 7.26. The van der Waals surface area contributed by atoms with Crippen LogP contribution in [0.1, 0.15) is 39.4 Å². The van der Waals surface area contributed by atoms with E-state index >= 15 is 0 Å². The lowest BCUT2D eigenvalue weighted by molar-refractivity contribution is 0.128. The molecule has 0 saturated carbocycles. The molecule has 0 radical (unpaired) electrons. The van der Waals surface area contributed by atoms with Gasteiger partial charge in [0.2, 0.25) is 0 Å². The van der Waals surface area contributed by atoms with Crippen molar-refractivity contribution in [2.24, 2.45) is 0 Å². The minimum absolute atomic E-state index is 0.216. The summed E-state index contributed by atoms with van der Waals surface area (Å²) < 4.78 is 5.36. The predicted molar refractivity (Wildman–Crippen MR) is 80.9 cm³/mol. The van der Waals surface area contributed by atoms with Gasteiger partial charge < -0.3 is 20.5 Å². The second-order valence-electron chi connectivity index (χ2n) is 4.63. The summed E-state index contributed by atoms with van der Waals surface area (Å²) in [6.07, 6.45) is 1.68. The zero-order valence-electron chi connectivity index (χ0n) is 12.6. The topological polar surface area (TPSA) is 79.3 Å². The van der Waals surface area contributed by atoms with Crippen LogP contribution >= 0.6 is 0 Å². The molecule has 0 fully saturated rings. The van der Waals surface area contributed by atoms with Gasteiger partial charge in [0.25, 0.3) is 0 Å². The van der Waals surface area contributed by atoms with Gasteiger partial charge in [-0.1, -0.05) is 0 Å². The third-order valence-electron chi connectivity index (χ3n) is 2.76. The molecule has 0 spiro atoms. The van der Waals surface area contributed by atoms with Crippen LogP contribution in [-0.2, 0) is 11.3 Å². The van der Waals surface area contributed by atoms with E-state index in [4.69, 9.17) is 9.84 Å². The van der Waals surface area contributed by atoms with E-state index in [1.54, 1.807) is 0 Å². The second-order valence-corrected chi connectivity index (χ2v) is 4.63. The fourth-order valence-electron chi connectivity index (χ4n) is 1.82. The average Bonchev–Trinajstić information content (AvgIpc) is 2.43. The van der Waals surface area contributed by atoms with Crippen molar-refractivity contribution in [2.75, 3.05) is 30.4 Å². The Labute approximate surface area is 121 Å². The number of nitrogens with zero attached hydrogens (tertiary/aromatic N) is 2. The molecule has 20 heavy (non-hydrogen) atoms. The number of aliphatic hydroxyl groups excluding tert-OH is 1. The molecule has 3 N–H and O–H groups in total. The number of hydrogen-bond donors (Lipinski definition) is 3. The summed E-state index contributed by atoms with van der Waals surface area (Å²) in [4.78, 5) is 8.85. The highest BCUT2D eigenvalue weighted by Crippen LogP contribution is 2.14. The Kier molecular flexibility index (Phi) is 7.91. The lowest BCUT2D eigenvalue weighted by Gasteiger charge is -2.15. The van der Waals surface area contributed by atoms with Crippen molar-refractivity contribution >= 4 is 11.6 Å². The van der Waals surface area contributed by atoms with Gasteiger partial charge in [0, 0.05) is 31.9 Å². The number of aliphatic hydroxyl groups is 1. The molecular weight excluding hydrogens is 256 g/mol. The maximum absolute atomic E-state index is 8.86. The standard InChI is InChI=1S/C14H26N4O2/c1-4-15-12-9-13(16-11(3)7-6-8-19)18-14(17-12)10-20-5-2/h9,11,19H,4-8,10H2,1-3H3,(H2,15,16,17,18). The van der Waals surface area contributed by atoms with Crippen molar-refractivity contribution in [3.63, 3.8) is 0 Å².